The van der Waals surface area contributed by atoms with E-state index in [4.69, 9.17) is 28.3 Å². The number of carboxylic acid groups (broad SMARTS) is 1. The number of halogens is 2. The first-order chi connectivity index (χ1) is 7.84. The second-order valence-electron chi connectivity index (χ2n) is 3.89. The minimum absolute atomic E-state index is 0.0234. The molecule has 0 spiro atoms. The van der Waals surface area contributed by atoms with Gasteiger partial charge in [0.05, 0.1) is 17.9 Å². The molecule has 0 radical (unpaired) electrons. The fraction of sp³-hybridized carbons (Fsp3) is 0.667. The van der Waals surface area contributed by atoms with Gasteiger partial charge in [0.25, 0.3) is 0 Å². The molecule has 0 bridgehead atoms. The van der Waals surface area contributed by atoms with Crippen molar-refractivity contribution in [2.75, 3.05) is 24.6 Å². The van der Waals surface area contributed by atoms with Crippen molar-refractivity contribution in [2.45, 2.75) is 12.5 Å². The zero-order chi connectivity index (χ0) is 13.1. The second kappa shape index (κ2) is 6.04. The summed E-state index contributed by atoms with van der Waals surface area (Å²) in [7, 11) is -3.15. The van der Waals surface area contributed by atoms with Crippen LogP contribution in [0, 0.1) is 0 Å². The van der Waals surface area contributed by atoms with Gasteiger partial charge in [0, 0.05) is 29.7 Å². The Hall–Kier alpha value is -0.300. The van der Waals surface area contributed by atoms with E-state index in [0.29, 0.717) is 5.03 Å². The first-order valence-corrected chi connectivity index (χ1v) is 7.58. The molecule has 0 amide bonds. The molecular formula is C9H13Cl2NO4S. The smallest absolute Gasteiger partial charge is 0.304 e. The third-order valence-corrected chi connectivity index (χ3v) is 4.84. The van der Waals surface area contributed by atoms with Crippen molar-refractivity contribution < 1.29 is 18.3 Å². The van der Waals surface area contributed by atoms with Gasteiger partial charge in [-0.1, -0.05) is 23.2 Å². The van der Waals surface area contributed by atoms with E-state index < -0.39 is 21.8 Å². The van der Waals surface area contributed by atoms with Crippen LogP contribution >= 0.6 is 23.2 Å². The summed E-state index contributed by atoms with van der Waals surface area (Å²) in [6.45, 7) is 0.555. The summed E-state index contributed by atoms with van der Waals surface area (Å²) in [4.78, 5) is 12.4. The second-order valence-corrected chi connectivity index (χ2v) is 6.82. The molecule has 1 saturated heterocycles. The lowest BCUT2D eigenvalue weighted by Gasteiger charge is -2.34. The molecule has 98 valence electrons. The summed E-state index contributed by atoms with van der Waals surface area (Å²) in [5, 5.41) is 9.11. The lowest BCUT2D eigenvalue weighted by Crippen LogP contribution is -2.49. The van der Waals surface area contributed by atoms with Crippen LogP contribution in [0.5, 0.6) is 0 Å². The minimum Gasteiger partial charge on any atom is -0.481 e. The van der Waals surface area contributed by atoms with Gasteiger partial charge in [0.15, 0.2) is 9.84 Å². The fourth-order valence-electron chi connectivity index (χ4n) is 1.75. The van der Waals surface area contributed by atoms with E-state index in [9.17, 15) is 13.2 Å². The van der Waals surface area contributed by atoms with Crippen LogP contribution in [0.2, 0.25) is 0 Å². The molecule has 1 atom stereocenters. The van der Waals surface area contributed by atoms with E-state index in [1.165, 1.54) is 5.54 Å². The Labute approximate surface area is 110 Å². The number of hydrogen-bond acceptors (Lipinski definition) is 4. The standard InChI is InChI=1S/C9H13Cl2NO4S/c10-4-7(11)5-12-1-2-17(15,16)6-8(12)3-9(13)14/h4,8H,1-3,5-6H2,(H,13,14). The molecule has 1 N–H and O–H groups in total. The van der Waals surface area contributed by atoms with Crippen molar-refractivity contribution in [1.82, 2.24) is 4.90 Å². The Bertz CT molecular complexity index is 421. The molecule has 1 aliphatic heterocycles. The average Bonchev–Trinajstić information content (AvgIpc) is 2.20. The van der Waals surface area contributed by atoms with Crippen molar-refractivity contribution in [3.63, 3.8) is 0 Å². The van der Waals surface area contributed by atoms with E-state index in [1.54, 1.807) is 4.90 Å². The quantitative estimate of drug-likeness (QED) is 0.834. The molecule has 0 aromatic carbocycles. The van der Waals surface area contributed by atoms with Crippen LogP contribution in [-0.2, 0) is 14.6 Å². The van der Waals surface area contributed by atoms with Crippen molar-refractivity contribution in [3.8, 4) is 0 Å². The molecule has 0 aromatic rings. The Morgan fingerprint density at radius 3 is 2.71 bits per heavy atom. The average molecular weight is 302 g/mol. The third-order valence-electron chi connectivity index (χ3n) is 2.53. The molecule has 17 heavy (non-hydrogen) atoms. The van der Waals surface area contributed by atoms with Gasteiger partial charge in [-0.25, -0.2) is 8.42 Å². The van der Waals surface area contributed by atoms with Gasteiger partial charge in [-0.2, -0.15) is 0 Å². The van der Waals surface area contributed by atoms with Gasteiger partial charge < -0.3 is 5.11 Å². The van der Waals surface area contributed by atoms with Crippen molar-refractivity contribution >= 4 is 39.0 Å². The predicted molar refractivity (Wildman–Crippen MR) is 66.1 cm³/mol. The number of rotatable bonds is 4. The molecule has 8 heteroatoms. The zero-order valence-corrected chi connectivity index (χ0v) is 11.3. The van der Waals surface area contributed by atoms with Gasteiger partial charge in [-0.3, -0.25) is 9.69 Å². The number of hydrogen-bond donors (Lipinski definition) is 1. The maximum absolute atomic E-state index is 11.5. The van der Waals surface area contributed by atoms with E-state index in [-0.39, 0.29) is 31.0 Å². The van der Waals surface area contributed by atoms with Crippen LogP contribution in [0.25, 0.3) is 0 Å². The van der Waals surface area contributed by atoms with Crippen LogP contribution in [0.3, 0.4) is 0 Å². The summed E-state index contributed by atoms with van der Waals surface area (Å²) in [5.74, 6) is -1.15. The van der Waals surface area contributed by atoms with Gasteiger partial charge in [-0.15, -0.1) is 0 Å². The first kappa shape index (κ1) is 14.8. The maximum Gasteiger partial charge on any atom is 0.304 e. The molecule has 1 heterocycles. The maximum atomic E-state index is 11.5. The highest BCUT2D eigenvalue weighted by molar-refractivity contribution is 7.91. The number of sulfone groups is 1. The van der Waals surface area contributed by atoms with Gasteiger partial charge in [0.2, 0.25) is 0 Å². The Morgan fingerprint density at radius 1 is 1.53 bits per heavy atom. The van der Waals surface area contributed by atoms with Crippen LogP contribution < -0.4 is 0 Å². The number of aliphatic carboxylic acids is 1. The monoisotopic (exact) mass is 301 g/mol. The van der Waals surface area contributed by atoms with Crippen LogP contribution in [0.15, 0.2) is 10.6 Å². The largest absolute Gasteiger partial charge is 0.481 e. The summed E-state index contributed by atoms with van der Waals surface area (Å²) >= 11 is 11.2. The van der Waals surface area contributed by atoms with Crippen molar-refractivity contribution in [2.24, 2.45) is 0 Å². The molecule has 1 fully saturated rings. The molecule has 0 aromatic heterocycles. The SMILES string of the molecule is O=C(O)CC1CS(=O)(=O)CCN1CC(Cl)=CCl. The lowest BCUT2D eigenvalue weighted by molar-refractivity contribution is -0.138. The molecular weight excluding hydrogens is 289 g/mol. The number of carboxylic acids is 1. The normalized spacial score (nSPS) is 25.8. The highest BCUT2D eigenvalue weighted by Crippen LogP contribution is 2.18. The summed E-state index contributed by atoms with van der Waals surface area (Å²) < 4.78 is 22.9. The molecule has 1 unspecified atom stereocenters. The Balaban J connectivity index is 2.77. The molecule has 5 nitrogen and oxygen atoms in total. The van der Waals surface area contributed by atoms with E-state index in [0.717, 1.165) is 0 Å². The molecule has 1 aliphatic rings. The molecule has 0 saturated carbocycles. The summed E-state index contributed by atoms with van der Waals surface area (Å²) in [5.41, 5.74) is 1.20. The molecule has 1 rings (SSSR count). The zero-order valence-electron chi connectivity index (χ0n) is 8.97. The van der Waals surface area contributed by atoms with Gasteiger partial charge >= 0.3 is 5.97 Å². The van der Waals surface area contributed by atoms with Crippen LogP contribution in [-0.4, -0.2) is 55.0 Å². The highest BCUT2D eigenvalue weighted by Gasteiger charge is 2.32. The van der Waals surface area contributed by atoms with Gasteiger partial charge in [0.1, 0.15) is 0 Å². The van der Waals surface area contributed by atoms with E-state index in [2.05, 4.69) is 0 Å². The van der Waals surface area contributed by atoms with E-state index in [1.807, 2.05) is 0 Å². The van der Waals surface area contributed by atoms with Crippen LogP contribution in [0.4, 0.5) is 0 Å². The molecule has 0 aliphatic carbocycles. The van der Waals surface area contributed by atoms with Crippen molar-refractivity contribution in [3.05, 3.63) is 10.6 Å². The van der Waals surface area contributed by atoms with Crippen LogP contribution in [0.1, 0.15) is 6.42 Å². The Morgan fingerprint density at radius 2 is 2.18 bits per heavy atom. The first-order valence-electron chi connectivity index (χ1n) is 4.95. The van der Waals surface area contributed by atoms with Crippen molar-refractivity contribution in [1.29, 1.82) is 0 Å². The number of carbonyl (C=O) groups is 1. The minimum atomic E-state index is -3.15. The Kier molecular flexibility index (Phi) is 5.24. The lowest BCUT2D eigenvalue weighted by atomic mass is 10.2. The predicted octanol–water partition coefficient (Wildman–Crippen LogP) is 0.879. The topological polar surface area (TPSA) is 74.7 Å². The fourth-order valence-corrected chi connectivity index (χ4v) is 3.56. The van der Waals surface area contributed by atoms with E-state index >= 15 is 0 Å². The number of nitrogens with zero attached hydrogens (tertiary/aromatic N) is 1. The summed E-state index contributed by atoms with van der Waals surface area (Å²) in [6, 6.07) is -0.545. The third kappa shape index (κ3) is 4.83. The summed E-state index contributed by atoms with van der Waals surface area (Å²) in [6.07, 6.45) is -0.217. The highest BCUT2D eigenvalue weighted by atomic mass is 35.5. The van der Waals surface area contributed by atoms with Gasteiger partial charge in [-0.05, 0) is 0 Å².